The number of methoxy groups -OCH3 is 1. The highest BCUT2D eigenvalue weighted by Gasteiger charge is 2.14. The molecular formula is C20H16Br2N2O3. The molecule has 0 spiro atoms. The third kappa shape index (κ3) is 4.31. The first kappa shape index (κ1) is 19.4. The zero-order valence-corrected chi connectivity index (χ0v) is 17.5. The number of amides is 1. The van der Waals surface area contributed by atoms with E-state index in [2.05, 4.69) is 42.4 Å². The number of aromatic hydroxyl groups is 1. The van der Waals surface area contributed by atoms with E-state index in [9.17, 15) is 9.90 Å². The molecule has 0 radical (unpaired) electrons. The van der Waals surface area contributed by atoms with Crippen LogP contribution in [0.2, 0.25) is 0 Å². The van der Waals surface area contributed by atoms with Crippen LogP contribution in [-0.4, -0.2) is 24.3 Å². The van der Waals surface area contributed by atoms with Crippen molar-refractivity contribution >= 4 is 54.8 Å². The molecule has 0 aliphatic carbocycles. The van der Waals surface area contributed by atoms with Crippen LogP contribution in [0, 0.1) is 0 Å². The molecule has 2 N–H and O–H groups in total. The van der Waals surface area contributed by atoms with E-state index in [1.54, 1.807) is 6.07 Å². The topological polar surface area (TPSA) is 70.9 Å². The molecule has 7 heteroatoms. The number of phenolic OH excluding ortho intramolecular Hbond substituents is 1. The minimum atomic E-state index is -0.250. The Morgan fingerprint density at radius 2 is 1.96 bits per heavy atom. The number of ether oxygens (including phenoxy) is 1. The zero-order valence-electron chi connectivity index (χ0n) is 14.4. The van der Waals surface area contributed by atoms with Gasteiger partial charge in [0.25, 0.3) is 0 Å². The third-order valence-electron chi connectivity index (χ3n) is 4.03. The van der Waals surface area contributed by atoms with Gasteiger partial charge in [0.2, 0.25) is 5.91 Å². The standard InChI is InChI=1S/C20H16Br2N2O3/c1-27-17-10-16(21)19(22)15(20(17)26)11-23-24-18(25)9-13-7-4-6-12-5-2-3-8-14(12)13/h2-8,10-11,26H,9H2,1H3,(H,24,25). The van der Waals surface area contributed by atoms with Crippen molar-refractivity contribution in [2.45, 2.75) is 6.42 Å². The summed E-state index contributed by atoms with van der Waals surface area (Å²) in [5.74, 6) is -0.0200. The predicted octanol–water partition coefficient (Wildman–Crippen LogP) is 4.77. The SMILES string of the molecule is COc1cc(Br)c(Br)c(C=NNC(=O)Cc2cccc3ccccc23)c1O. The third-order valence-corrected chi connectivity index (χ3v) is 6.04. The number of hydrogen-bond donors (Lipinski definition) is 2. The van der Waals surface area contributed by atoms with Gasteiger partial charge < -0.3 is 9.84 Å². The molecule has 27 heavy (non-hydrogen) atoms. The van der Waals surface area contributed by atoms with Gasteiger partial charge in [-0.05, 0) is 54.3 Å². The van der Waals surface area contributed by atoms with Gasteiger partial charge in [-0.15, -0.1) is 0 Å². The Balaban J connectivity index is 1.75. The summed E-state index contributed by atoms with van der Waals surface area (Å²) in [6.07, 6.45) is 1.57. The van der Waals surface area contributed by atoms with Crippen molar-refractivity contribution < 1.29 is 14.6 Å². The Bertz CT molecular complexity index is 1030. The molecule has 0 aliphatic rings. The van der Waals surface area contributed by atoms with Crippen molar-refractivity contribution in [1.29, 1.82) is 0 Å². The minimum absolute atomic E-state index is 0.0698. The molecule has 0 saturated heterocycles. The molecule has 0 bridgehead atoms. The van der Waals surface area contributed by atoms with Gasteiger partial charge in [0.1, 0.15) is 0 Å². The number of rotatable bonds is 5. The van der Waals surface area contributed by atoms with Gasteiger partial charge >= 0.3 is 0 Å². The molecule has 0 saturated carbocycles. The van der Waals surface area contributed by atoms with Crippen LogP contribution in [0.5, 0.6) is 11.5 Å². The second-order valence-electron chi connectivity index (χ2n) is 5.75. The average molecular weight is 492 g/mol. The summed E-state index contributed by atoms with van der Waals surface area (Å²) in [6.45, 7) is 0. The van der Waals surface area contributed by atoms with Gasteiger partial charge in [0.05, 0.1) is 25.3 Å². The number of benzene rings is 3. The summed E-state index contributed by atoms with van der Waals surface area (Å²) in [5, 5.41) is 16.3. The molecule has 3 aromatic rings. The maximum atomic E-state index is 12.3. The Hall–Kier alpha value is -2.38. The summed E-state index contributed by atoms with van der Waals surface area (Å²) in [6, 6.07) is 15.4. The molecule has 3 rings (SSSR count). The Labute approximate surface area is 173 Å². The lowest BCUT2D eigenvalue weighted by molar-refractivity contribution is -0.120. The first-order valence-corrected chi connectivity index (χ1v) is 9.63. The largest absolute Gasteiger partial charge is 0.504 e. The van der Waals surface area contributed by atoms with E-state index in [1.807, 2.05) is 42.5 Å². The average Bonchev–Trinajstić information content (AvgIpc) is 2.67. The molecule has 1 amide bonds. The normalized spacial score (nSPS) is 11.1. The van der Waals surface area contributed by atoms with Crippen molar-refractivity contribution in [3.63, 3.8) is 0 Å². The lowest BCUT2D eigenvalue weighted by Crippen LogP contribution is -2.20. The molecule has 3 aromatic carbocycles. The number of nitrogens with zero attached hydrogens (tertiary/aromatic N) is 1. The van der Waals surface area contributed by atoms with Crippen molar-refractivity contribution in [2.75, 3.05) is 7.11 Å². The second-order valence-corrected chi connectivity index (χ2v) is 7.39. The van der Waals surface area contributed by atoms with Crippen LogP contribution >= 0.6 is 31.9 Å². The van der Waals surface area contributed by atoms with Crippen molar-refractivity contribution in [2.24, 2.45) is 5.10 Å². The maximum absolute atomic E-state index is 12.3. The lowest BCUT2D eigenvalue weighted by Gasteiger charge is -2.10. The number of carbonyl (C=O) groups excluding carboxylic acids is 1. The van der Waals surface area contributed by atoms with Crippen LogP contribution in [0.25, 0.3) is 10.8 Å². The maximum Gasteiger partial charge on any atom is 0.244 e. The van der Waals surface area contributed by atoms with E-state index in [-0.39, 0.29) is 18.1 Å². The highest BCUT2D eigenvalue weighted by Crippen LogP contribution is 2.39. The first-order valence-electron chi connectivity index (χ1n) is 8.04. The predicted molar refractivity (Wildman–Crippen MR) is 113 cm³/mol. The summed E-state index contributed by atoms with van der Waals surface area (Å²) in [4.78, 5) is 12.3. The van der Waals surface area contributed by atoms with Crippen LogP contribution in [-0.2, 0) is 11.2 Å². The smallest absolute Gasteiger partial charge is 0.244 e. The number of hydrogen-bond acceptors (Lipinski definition) is 4. The number of nitrogens with one attached hydrogen (secondary N) is 1. The number of phenols is 1. The summed E-state index contributed by atoms with van der Waals surface area (Å²) in [5.41, 5.74) is 3.82. The fourth-order valence-electron chi connectivity index (χ4n) is 2.71. The first-order chi connectivity index (χ1) is 13.0. The van der Waals surface area contributed by atoms with E-state index in [0.717, 1.165) is 16.3 Å². The van der Waals surface area contributed by atoms with Crippen LogP contribution in [0.1, 0.15) is 11.1 Å². The fraction of sp³-hybridized carbons (Fsp3) is 0.100. The van der Waals surface area contributed by atoms with Crippen molar-refractivity contribution in [3.8, 4) is 11.5 Å². The molecule has 0 aliphatic heterocycles. The monoisotopic (exact) mass is 490 g/mol. The van der Waals surface area contributed by atoms with Gasteiger partial charge in [-0.2, -0.15) is 5.10 Å². The number of carbonyl (C=O) groups is 1. The van der Waals surface area contributed by atoms with Gasteiger partial charge in [-0.25, -0.2) is 5.43 Å². The van der Waals surface area contributed by atoms with E-state index >= 15 is 0 Å². The van der Waals surface area contributed by atoms with Gasteiger partial charge in [0.15, 0.2) is 11.5 Å². The molecule has 0 heterocycles. The fourth-order valence-corrected chi connectivity index (χ4v) is 3.54. The van der Waals surface area contributed by atoms with Crippen molar-refractivity contribution in [3.05, 3.63) is 68.6 Å². The number of halogens is 2. The Kier molecular flexibility index (Phi) is 6.13. The minimum Gasteiger partial charge on any atom is -0.504 e. The van der Waals surface area contributed by atoms with Gasteiger partial charge in [-0.3, -0.25) is 4.79 Å². The van der Waals surface area contributed by atoms with Crippen LogP contribution in [0.3, 0.4) is 0 Å². The van der Waals surface area contributed by atoms with Crippen LogP contribution in [0.4, 0.5) is 0 Å². The molecule has 0 fully saturated rings. The lowest BCUT2D eigenvalue weighted by atomic mass is 10.0. The second kappa shape index (κ2) is 8.54. The molecule has 0 aromatic heterocycles. The zero-order chi connectivity index (χ0) is 19.4. The number of hydrazone groups is 1. The summed E-state index contributed by atoms with van der Waals surface area (Å²) >= 11 is 6.75. The number of fused-ring (bicyclic) bond motifs is 1. The molecule has 5 nitrogen and oxygen atoms in total. The molecule has 138 valence electrons. The van der Waals surface area contributed by atoms with Crippen LogP contribution in [0.15, 0.2) is 62.6 Å². The quantitative estimate of drug-likeness (QED) is 0.399. The van der Waals surface area contributed by atoms with Gasteiger partial charge in [0, 0.05) is 8.95 Å². The van der Waals surface area contributed by atoms with E-state index in [4.69, 9.17) is 4.74 Å². The highest BCUT2D eigenvalue weighted by molar-refractivity contribution is 9.13. The molecule has 0 unspecified atom stereocenters. The summed E-state index contributed by atoms with van der Waals surface area (Å²) < 4.78 is 6.42. The molecular weight excluding hydrogens is 476 g/mol. The van der Waals surface area contributed by atoms with E-state index < -0.39 is 0 Å². The Morgan fingerprint density at radius 1 is 1.22 bits per heavy atom. The molecule has 0 atom stereocenters. The van der Waals surface area contributed by atoms with Crippen LogP contribution < -0.4 is 10.2 Å². The summed E-state index contributed by atoms with van der Waals surface area (Å²) in [7, 11) is 1.46. The van der Waals surface area contributed by atoms with E-state index in [1.165, 1.54) is 13.3 Å². The van der Waals surface area contributed by atoms with E-state index in [0.29, 0.717) is 20.3 Å². The Morgan fingerprint density at radius 3 is 2.74 bits per heavy atom. The van der Waals surface area contributed by atoms with Gasteiger partial charge in [-0.1, -0.05) is 42.5 Å². The van der Waals surface area contributed by atoms with Crippen molar-refractivity contribution in [1.82, 2.24) is 5.43 Å². The highest BCUT2D eigenvalue weighted by atomic mass is 79.9.